The van der Waals surface area contributed by atoms with Gasteiger partial charge in [-0.05, 0) is 19.4 Å². The molecule has 3 aliphatic rings. The third-order valence-corrected chi connectivity index (χ3v) is 5.99. The second-order valence-corrected chi connectivity index (χ2v) is 7.68. The highest BCUT2D eigenvalue weighted by Crippen LogP contribution is 2.45. The molecule has 2 aromatic rings. The number of anilines is 1. The van der Waals surface area contributed by atoms with Crippen molar-refractivity contribution >= 4 is 22.6 Å². The lowest BCUT2D eigenvalue weighted by molar-refractivity contribution is 0.0694. The van der Waals surface area contributed by atoms with Crippen molar-refractivity contribution in [3.05, 3.63) is 33.9 Å². The smallest absolute Gasteiger partial charge is 0.341 e. The minimum atomic E-state index is -1.34. The Labute approximate surface area is 159 Å². The van der Waals surface area contributed by atoms with Gasteiger partial charge in [0.15, 0.2) is 11.6 Å². The van der Waals surface area contributed by atoms with Crippen LogP contribution in [-0.4, -0.2) is 53.6 Å². The number of nitrogens with two attached hydrogens (primary N) is 1. The van der Waals surface area contributed by atoms with Crippen molar-refractivity contribution in [3.63, 3.8) is 0 Å². The quantitative estimate of drug-likeness (QED) is 0.792. The normalized spacial score (nSPS) is 28.5. The first kappa shape index (κ1) is 17.4. The van der Waals surface area contributed by atoms with Crippen molar-refractivity contribution in [1.29, 1.82) is 0 Å². The molecule has 8 nitrogen and oxygen atoms in total. The Hall–Kier alpha value is -2.65. The molecule has 0 spiro atoms. The number of aromatic carboxylic acids is 1. The van der Waals surface area contributed by atoms with Gasteiger partial charge in [-0.2, -0.15) is 0 Å². The molecular formula is C19H20FN3O5. The number of nitrogens with zero attached hydrogens (tertiary/aromatic N) is 2. The standard InChI is InChI=1S/C19H20FN3O5/c1-8-7-28-18-14-9(16(24)10(19(25)26)5-22(8)14)4-11(20)15(18)23-6-12(21)17-13(23)2-3-27-17/h4-5,8,12-13,17H,2-3,6-7,21H2,1H3,(H,25,26)/t8-,12-,13+,17+/m0/s1. The van der Waals surface area contributed by atoms with Crippen LogP contribution in [0.4, 0.5) is 10.1 Å². The molecule has 3 aliphatic heterocycles. The average Bonchev–Trinajstić information content (AvgIpc) is 3.24. The number of carbonyl (C=O) groups is 1. The molecule has 0 aliphatic carbocycles. The average molecular weight is 389 g/mol. The van der Waals surface area contributed by atoms with Gasteiger partial charge < -0.3 is 29.8 Å². The van der Waals surface area contributed by atoms with Gasteiger partial charge in [0, 0.05) is 19.3 Å². The monoisotopic (exact) mass is 389 g/mol. The number of benzene rings is 1. The van der Waals surface area contributed by atoms with Crippen molar-refractivity contribution < 1.29 is 23.8 Å². The zero-order chi connectivity index (χ0) is 19.7. The van der Waals surface area contributed by atoms with Crippen molar-refractivity contribution in [2.45, 2.75) is 37.6 Å². The highest BCUT2D eigenvalue weighted by atomic mass is 19.1. The molecule has 0 bridgehead atoms. The predicted molar refractivity (Wildman–Crippen MR) is 98.8 cm³/mol. The SMILES string of the molecule is C[C@H]1COc2c(N3C[C@H](N)[C@H]4OCC[C@H]43)c(F)cc3c(=O)c(C(=O)O)cn1c23. The molecule has 0 saturated carbocycles. The summed E-state index contributed by atoms with van der Waals surface area (Å²) in [5, 5.41) is 9.38. The van der Waals surface area contributed by atoms with E-state index in [1.165, 1.54) is 6.20 Å². The number of carboxylic acid groups (broad SMARTS) is 1. The second kappa shape index (κ2) is 5.92. The summed E-state index contributed by atoms with van der Waals surface area (Å²) in [6.45, 7) is 3.08. The summed E-state index contributed by atoms with van der Waals surface area (Å²) < 4.78 is 28.6. The van der Waals surface area contributed by atoms with Crippen LogP contribution in [-0.2, 0) is 4.74 Å². The van der Waals surface area contributed by atoms with E-state index in [-0.39, 0.29) is 53.2 Å². The summed E-state index contributed by atoms with van der Waals surface area (Å²) in [4.78, 5) is 26.0. The molecule has 4 atom stereocenters. The number of aromatic nitrogens is 1. The summed E-state index contributed by atoms with van der Waals surface area (Å²) in [6.07, 6.45) is 1.89. The van der Waals surface area contributed by atoms with Crippen LogP contribution >= 0.6 is 0 Å². The first-order valence-electron chi connectivity index (χ1n) is 9.29. The van der Waals surface area contributed by atoms with Gasteiger partial charge in [-0.1, -0.05) is 0 Å². The summed E-state index contributed by atoms with van der Waals surface area (Å²) in [6, 6.07) is 0.624. The van der Waals surface area contributed by atoms with Crippen LogP contribution in [0.5, 0.6) is 5.75 Å². The Kier molecular flexibility index (Phi) is 3.69. The fourth-order valence-corrected chi connectivity index (χ4v) is 4.70. The first-order chi connectivity index (χ1) is 13.4. The van der Waals surface area contributed by atoms with E-state index in [0.717, 1.165) is 12.5 Å². The van der Waals surface area contributed by atoms with Crippen molar-refractivity contribution in [2.75, 3.05) is 24.7 Å². The van der Waals surface area contributed by atoms with Crippen LogP contribution in [0.15, 0.2) is 17.1 Å². The lowest BCUT2D eigenvalue weighted by Crippen LogP contribution is -2.35. The van der Waals surface area contributed by atoms with Gasteiger partial charge in [0.2, 0.25) is 5.43 Å². The minimum Gasteiger partial charge on any atom is -0.487 e. The van der Waals surface area contributed by atoms with Crippen molar-refractivity contribution in [3.8, 4) is 5.75 Å². The zero-order valence-corrected chi connectivity index (χ0v) is 15.2. The highest BCUT2D eigenvalue weighted by molar-refractivity contribution is 5.97. The van der Waals surface area contributed by atoms with Crippen LogP contribution in [0.25, 0.3) is 10.9 Å². The van der Waals surface area contributed by atoms with Crippen LogP contribution in [0.1, 0.15) is 29.7 Å². The maximum absolute atomic E-state index is 15.3. The largest absolute Gasteiger partial charge is 0.487 e. The highest BCUT2D eigenvalue weighted by Gasteiger charge is 2.46. The second-order valence-electron chi connectivity index (χ2n) is 7.68. The fourth-order valence-electron chi connectivity index (χ4n) is 4.70. The summed E-state index contributed by atoms with van der Waals surface area (Å²) in [5.74, 6) is -1.69. The Morgan fingerprint density at radius 3 is 2.96 bits per heavy atom. The van der Waals surface area contributed by atoms with E-state index in [1.54, 1.807) is 4.57 Å². The molecule has 1 aromatic carbocycles. The number of halogens is 1. The number of carboxylic acids is 1. The molecular weight excluding hydrogens is 369 g/mol. The van der Waals surface area contributed by atoms with E-state index in [2.05, 4.69) is 0 Å². The molecule has 0 unspecified atom stereocenters. The van der Waals surface area contributed by atoms with E-state index in [9.17, 15) is 14.7 Å². The van der Waals surface area contributed by atoms with E-state index in [0.29, 0.717) is 18.7 Å². The molecule has 148 valence electrons. The maximum atomic E-state index is 15.3. The molecule has 0 radical (unpaired) electrons. The third kappa shape index (κ3) is 2.23. The van der Waals surface area contributed by atoms with Gasteiger partial charge >= 0.3 is 5.97 Å². The van der Waals surface area contributed by atoms with Crippen LogP contribution < -0.4 is 20.8 Å². The number of hydrogen-bond donors (Lipinski definition) is 2. The summed E-state index contributed by atoms with van der Waals surface area (Å²) >= 11 is 0. The van der Waals surface area contributed by atoms with Crippen LogP contribution in [0.2, 0.25) is 0 Å². The Morgan fingerprint density at radius 1 is 1.43 bits per heavy atom. The van der Waals surface area contributed by atoms with Gasteiger partial charge in [0.05, 0.1) is 35.1 Å². The van der Waals surface area contributed by atoms with Crippen LogP contribution in [0, 0.1) is 5.82 Å². The lowest BCUT2D eigenvalue weighted by atomic mass is 10.0. The number of pyridine rings is 1. The Morgan fingerprint density at radius 2 is 2.21 bits per heavy atom. The van der Waals surface area contributed by atoms with E-state index < -0.39 is 17.2 Å². The number of rotatable bonds is 2. The first-order valence-corrected chi connectivity index (χ1v) is 9.29. The van der Waals surface area contributed by atoms with Gasteiger partial charge in [-0.3, -0.25) is 4.79 Å². The number of fused-ring (bicyclic) bond motifs is 1. The summed E-state index contributed by atoms with van der Waals surface area (Å²) in [7, 11) is 0. The molecule has 5 rings (SSSR count). The number of ether oxygens (including phenoxy) is 2. The summed E-state index contributed by atoms with van der Waals surface area (Å²) in [5.41, 5.74) is 5.78. The molecule has 3 N–H and O–H groups in total. The zero-order valence-electron chi connectivity index (χ0n) is 15.2. The van der Waals surface area contributed by atoms with Gasteiger partial charge in [-0.15, -0.1) is 0 Å². The number of hydrogen-bond acceptors (Lipinski definition) is 6. The molecule has 2 saturated heterocycles. The van der Waals surface area contributed by atoms with E-state index in [1.807, 2.05) is 11.8 Å². The maximum Gasteiger partial charge on any atom is 0.341 e. The topological polar surface area (TPSA) is 107 Å². The van der Waals surface area contributed by atoms with Crippen LogP contribution in [0.3, 0.4) is 0 Å². The van der Waals surface area contributed by atoms with Gasteiger partial charge in [-0.25, -0.2) is 9.18 Å². The minimum absolute atomic E-state index is 0.00502. The van der Waals surface area contributed by atoms with Gasteiger partial charge in [0.25, 0.3) is 0 Å². The molecule has 28 heavy (non-hydrogen) atoms. The van der Waals surface area contributed by atoms with Gasteiger partial charge in [0.1, 0.15) is 17.9 Å². The lowest BCUT2D eigenvalue weighted by Gasteiger charge is -2.33. The molecule has 1 aromatic heterocycles. The Bertz CT molecular complexity index is 1070. The fraction of sp³-hybridized carbons (Fsp3) is 0.474. The molecule has 4 heterocycles. The van der Waals surface area contributed by atoms with Crippen molar-refractivity contribution in [1.82, 2.24) is 4.57 Å². The Balaban J connectivity index is 1.80. The van der Waals surface area contributed by atoms with E-state index in [4.69, 9.17) is 15.2 Å². The molecule has 9 heteroatoms. The molecule has 0 amide bonds. The van der Waals surface area contributed by atoms with Crippen molar-refractivity contribution in [2.24, 2.45) is 5.73 Å². The predicted octanol–water partition coefficient (Wildman–Crippen LogP) is 1.10. The third-order valence-electron chi connectivity index (χ3n) is 5.99. The van der Waals surface area contributed by atoms with E-state index >= 15 is 4.39 Å². The molecule has 2 fully saturated rings.